The van der Waals surface area contributed by atoms with Crippen LogP contribution in [-0.2, 0) is 31.9 Å². The fourth-order valence-electron chi connectivity index (χ4n) is 6.92. The molecule has 2 aromatic carbocycles. The Morgan fingerprint density at radius 3 is 1.12 bits per heavy atom. The molecule has 0 N–H and O–H groups in total. The van der Waals surface area contributed by atoms with Crippen LogP contribution >= 0.6 is 0 Å². The summed E-state index contributed by atoms with van der Waals surface area (Å²) in [6.45, 7) is 26.7. The molecule has 4 aromatic heterocycles. The summed E-state index contributed by atoms with van der Waals surface area (Å²) in [5.41, 5.74) is 8.34. The van der Waals surface area contributed by atoms with E-state index >= 15 is 0 Å². The number of aromatic nitrogens is 8. The molecule has 0 radical (unpaired) electrons. The molecule has 9 heteroatoms. The fourth-order valence-corrected chi connectivity index (χ4v) is 6.92. The van der Waals surface area contributed by atoms with Gasteiger partial charge in [0.15, 0.2) is 0 Å². The van der Waals surface area contributed by atoms with E-state index in [4.69, 9.17) is 29.9 Å². The van der Waals surface area contributed by atoms with Crippen molar-refractivity contribution in [1.29, 1.82) is 0 Å². The van der Waals surface area contributed by atoms with Crippen molar-refractivity contribution in [3.63, 3.8) is 0 Å². The van der Waals surface area contributed by atoms with Gasteiger partial charge in [-0.2, -0.15) is 0 Å². The number of imidazole rings is 4. The van der Waals surface area contributed by atoms with Gasteiger partial charge in [0.2, 0.25) is 0 Å². The van der Waals surface area contributed by atoms with E-state index in [0.29, 0.717) is 35.3 Å². The molecule has 0 saturated heterocycles. The third-order valence-corrected chi connectivity index (χ3v) is 10.8. The van der Waals surface area contributed by atoms with E-state index in [1.54, 1.807) is 0 Å². The van der Waals surface area contributed by atoms with Gasteiger partial charge in [-0.15, -0.1) is 0 Å². The molecule has 0 aliphatic carbocycles. The zero-order valence-electron chi connectivity index (χ0n) is 32.1. The van der Waals surface area contributed by atoms with E-state index < -0.39 is 10.8 Å². The topological polar surface area (TPSA) is 89.6 Å². The van der Waals surface area contributed by atoms with Gasteiger partial charge in [0.05, 0.1) is 11.4 Å². The SMILES string of the molecule is CC(C)c1cccc(C(C)C)c1-n1ccnc1-c1ncc(C(C)(C)C(C)(C)c2cnc(-c3nccn3-c3c(C(C)C)cccc3C(C)C)[n-]2)[n-]1.[Pt+2]. The van der Waals surface area contributed by atoms with Crippen molar-refractivity contribution in [2.24, 2.45) is 0 Å². The first kappa shape index (κ1) is 38.2. The van der Waals surface area contributed by atoms with Crippen LogP contribution in [0, 0.1) is 0 Å². The van der Waals surface area contributed by atoms with Crippen LogP contribution in [0.15, 0.2) is 73.6 Å². The maximum absolute atomic E-state index is 5.16. The van der Waals surface area contributed by atoms with Gasteiger partial charge < -0.3 is 19.9 Å². The molecule has 270 valence electrons. The molecule has 0 bridgehead atoms. The van der Waals surface area contributed by atoms with Crippen LogP contribution in [-0.4, -0.2) is 29.1 Å². The Morgan fingerprint density at radius 1 is 0.510 bits per heavy atom. The molecule has 0 aliphatic rings. The average molecular weight is 864 g/mol. The smallest absolute Gasteiger partial charge is 0.440 e. The Morgan fingerprint density at radius 2 is 0.824 bits per heavy atom. The maximum atomic E-state index is 5.16. The van der Waals surface area contributed by atoms with Gasteiger partial charge in [0, 0.05) is 24.8 Å². The maximum Gasteiger partial charge on any atom is 2.00 e. The van der Waals surface area contributed by atoms with Crippen LogP contribution in [0.25, 0.3) is 34.7 Å². The van der Waals surface area contributed by atoms with Crippen LogP contribution in [0.2, 0.25) is 0 Å². The van der Waals surface area contributed by atoms with Crippen LogP contribution in [0.1, 0.15) is 140 Å². The van der Waals surface area contributed by atoms with E-state index in [-0.39, 0.29) is 21.1 Å². The number of para-hydroxylation sites is 2. The van der Waals surface area contributed by atoms with Gasteiger partial charge in [-0.05, 0) is 68.4 Å². The Kier molecular flexibility index (Phi) is 10.9. The molecule has 0 atom stereocenters. The quantitative estimate of drug-likeness (QED) is 0.129. The summed E-state index contributed by atoms with van der Waals surface area (Å²) in [6, 6.07) is 13.2. The minimum absolute atomic E-state index is 0. The molecule has 0 saturated carbocycles. The van der Waals surface area contributed by atoms with Gasteiger partial charge in [0.25, 0.3) is 0 Å². The Labute approximate surface area is 318 Å². The predicted molar refractivity (Wildman–Crippen MR) is 203 cm³/mol. The van der Waals surface area contributed by atoms with Crippen molar-refractivity contribution in [2.75, 3.05) is 0 Å². The second-order valence-corrected chi connectivity index (χ2v) is 15.8. The number of nitrogens with zero attached hydrogens (tertiary/aromatic N) is 8. The molecule has 0 fully saturated rings. The zero-order chi connectivity index (χ0) is 36.1. The van der Waals surface area contributed by atoms with Gasteiger partial charge in [0.1, 0.15) is 11.6 Å². The third-order valence-electron chi connectivity index (χ3n) is 10.8. The van der Waals surface area contributed by atoms with Crippen molar-refractivity contribution < 1.29 is 21.1 Å². The number of benzene rings is 2. The summed E-state index contributed by atoms with van der Waals surface area (Å²) in [6.07, 6.45) is 11.5. The molecular weight excluding hydrogens is 812 g/mol. The summed E-state index contributed by atoms with van der Waals surface area (Å²) in [4.78, 5) is 29.6. The Bertz CT molecular complexity index is 1900. The number of rotatable bonds is 11. The largest absolute Gasteiger partial charge is 2.00 e. The number of hydrogen-bond donors (Lipinski definition) is 0. The summed E-state index contributed by atoms with van der Waals surface area (Å²) < 4.78 is 4.34. The van der Waals surface area contributed by atoms with E-state index in [9.17, 15) is 0 Å². The predicted octanol–water partition coefficient (Wildman–Crippen LogP) is 9.84. The fraction of sp³-hybridized carbons (Fsp3) is 0.429. The second kappa shape index (κ2) is 14.5. The third kappa shape index (κ3) is 6.72. The average Bonchev–Trinajstić information content (AvgIpc) is 3.89. The first-order chi connectivity index (χ1) is 23.6. The van der Waals surface area contributed by atoms with Gasteiger partial charge in [-0.3, -0.25) is 9.13 Å². The second-order valence-electron chi connectivity index (χ2n) is 15.8. The normalized spacial score (nSPS) is 12.5. The van der Waals surface area contributed by atoms with Crippen LogP contribution in [0.4, 0.5) is 0 Å². The summed E-state index contributed by atoms with van der Waals surface area (Å²) in [7, 11) is 0. The van der Waals surface area contributed by atoms with Crippen LogP contribution in [0.5, 0.6) is 0 Å². The zero-order valence-corrected chi connectivity index (χ0v) is 34.4. The summed E-state index contributed by atoms with van der Waals surface area (Å²) in [5, 5.41) is 0. The van der Waals surface area contributed by atoms with E-state index in [0.717, 1.165) is 23.0 Å². The van der Waals surface area contributed by atoms with Crippen molar-refractivity contribution in [3.05, 3.63) is 107 Å². The van der Waals surface area contributed by atoms with Gasteiger partial charge in [-0.1, -0.05) is 143 Å². The summed E-state index contributed by atoms with van der Waals surface area (Å²) in [5.74, 6) is 4.12. The van der Waals surface area contributed by atoms with E-state index in [2.05, 4.69) is 129 Å². The van der Waals surface area contributed by atoms with Gasteiger partial charge in [-0.25, -0.2) is 9.97 Å². The molecule has 0 aliphatic heterocycles. The van der Waals surface area contributed by atoms with Crippen molar-refractivity contribution in [2.45, 2.75) is 118 Å². The molecular formula is C42H52N8Pt. The Hall–Kier alpha value is -4.03. The molecule has 6 aromatic rings. The van der Waals surface area contributed by atoms with Crippen LogP contribution in [0.3, 0.4) is 0 Å². The molecule has 0 spiro atoms. The Balaban J connectivity index is 0.00000504. The van der Waals surface area contributed by atoms with Gasteiger partial charge >= 0.3 is 21.1 Å². The monoisotopic (exact) mass is 863 g/mol. The molecule has 4 heterocycles. The van der Waals surface area contributed by atoms with Crippen molar-refractivity contribution in [1.82, 2.24) is 39.0 Å². The molecule has 51 heavy (non-hydrogen) atoms. The van der Waals surface area contributed by atoms with E-state index in [1.165, 1.54) is 33.6 Å². The molecule has 6 rings (SSSR count). The minimum atomic E-state index is -0.445. The van der Waals surface area contributed by atoms with Crippen molar-refractivity contribution >= 4 is 0 Å². The standard InChI is InChI=1S/C42H52N8.Pt/c1-25(2)29-15-13-16-30(26(3)4)35(29)49-21-19-43-39(49)37-45-23-33(47-37)41(9,10)42(11,12)34-24-46-38(48-34)40-44-20-22-50(40)36-31(27(5)6)17-14-18-32(36)28(7)8;/h13-28H,1-12H3;/q-2;+2. The first-order valence-electron chi connectivity index (χ1n) is 18.0. The summed E-state index contributed by atoms with van der Waals surface area (Å²) >= 11 is 0. The first-order valence-corrected chi connectivity index (χ1v) is 18.0. The minimum Gasteiger partial charge on any atom is -0.440 e. The van der Waals surface area contributed by atoms with Crippen LogP contribution < -0.4 is 9.97 Å². The molecule has 8 nitrogen and oxygen atoms in total. The molecule has 0 amide bonds. The number of hydrogen-bond acceptors (Lipinski definition) is 4. The van der Waals surface area contributed by atoms with E-state index in [1.807, 2.05) is 37.2 Å². The van der Waals surface area contributed by atoms with Crippen molar-refractivity contribution in [3.8, 4) is 34.7 Å². The molecule has 0 unspecified atom stereocenters.